The molecule has 1 aliphatic rings. The maximum Gasteiger partial charge on any atom is 0.573 e. The number of fused-ring (bicyclic) bond motifs is 1. The molecular formula is C16H19F3N4O. The zero-order valence-electron chi connectivity index (χ0n) is 13.3. The van der Waals surface area contributed by atoms with Gasteiger partial charge in [-0.2, -0.15) is 0 Å². The Labute approximate surface area is 137 Å². The molecule has 5 nitrogen and oxygen atoms in total. The number of aromatic nitrogens is 3. The Balaban J connectivity index is 1.63. The van der Waals surface area contributed by atoms with E-state index in [1.165, 1.54) is 12.1 Å². The van der Waals surface area contributed by atoms with E-state index in [1.807, 2.05) is 6.92 Å². The Hall–Kier alpha value is -2.09. The lowest BCUT2D eigenvalue weighted by Gasteiger charge is -2.19. The van der Waals surface area contributed by atoms with Crippen LogP contribution in [0.2, 0.25) is 0 Å². The fourth-order valence-corrected chi connectivity index (χ4v) is 2.87. The van der Waals surface area contributed by atoms with E-state index in [2.05, 4.69) is 24.8 Å². The topological polar surface area (TPSA) is 52.0 Å². The average molecular weight is 340 g/mol. The normalized spacial score (nSPS) is 15.8. The van der Waals surface area contributed by atoms with Crippen LogP contribution in [0.4, 0.5) is 13.2 Å². The number of nitrogens with zero attached hydrogens (tertiary/aromatic N) is 3. The molecule has 24 heavy (non-hydrogen) atoms. The number of rotatable bonds is 5. The van der Waals surface area contributed by atoms with Crippen LogP contribution in [-0.2, 0) is 19.5 Å². The molecule has 8 heteroatoms. The summed E-state index contributed by atoms with van der Waals surface area (Å²) < 4.78 is 42.9. The molecule has 1 atom stereocenters. The molecule has 2 aromatic rings. The first-order valence-electron chi connectivity index (χ1n) is 7.92. The molecule has 130 valence electrons. The Kier molecular flexibility index (Phi) is 4.75. The highest BCUT2D eigenvalue weighted by Gasteiger charge is 2.31. The summed E-state index contributed by atoms with van der Waals surface area (Å²) in [4.78, 5) is 0. The van der Waals surface area contributed by atoms with Gasteiger partial charge in [0.2, 0.25) is 0 Å². The third kappa shape index (κ3) is 4.05. The molecule has 0 saturated heterocycles. The molecule has 0 amide bonds. The van der Waals surface area contributed by atoms with E-state index < -0.39 is 6.36 Å². The molecule has 0 saturated carbocycles. The quantitative estimate of drug-likeness (QED) is 0.907. The number of halogens is 3. The van der Waals surface area contributed by atoms with Crippen LogP contribution >= 0.6 is 0 Å². The molecule has 0 bridgehead atoms. The van der Waals surface area contributed by atoms with Crippen LogP contribution < -0.4 is 10.1 Å². The molecule has 1 aromatic heterocycles. The standard InChI is InChI=1S/C16H19F3N4O/c1-11(15-22-21-14-7-2-3-8-23(14)15)20-10-12-5-4-6-13(9-12)24-16(17,18)19/h4-6,9,11,20H,2-3,7-8,10H2,1H3. The first-order chi connectivity index (χ1) is 11.4. The zero-order chi connectivity index (χ0) is 17.2. The van der Waals surface area contributed by atoms with Crippen molar-refractivity contribution in [2.24, 2.45) is 0 Å². The van der Waals surface area contributed by atoms with Gasteiger partial charge in [-0.3, -0.25) is 0 Å². The summed E-state index contributed by atoms with van der Waals surface area (Å²) in [7, 11) is 0. The summed E-state index contributed by atoms with van der Waals surface area (Å²) in [6.07, 6.45) is -1.50. The molecular weight excluding hydrogens is 321 g/mol. The molecule has 1 N–H and O–H groups in total. The van der Waals surface area contributed by atoms with Gasteiger partial charge in [0.25, 0.3) is 0 Å². The Morgan fingerprint density at radius 3 is 2.92 bits per heavy atom. The van der Waals surface area contributed by atoms with Gasteiger partial charge in [0.05, 0.1) is 6.04 Å². The predicted molar refractivity (Wildman–Crippen MR) is 81.3 cm³/mol. The molecule has 0 radical (unpaired) electrons. The molecule has 1 aliphatic heterocycles. The van der Waals surface area contributed by atoms with Crippen molar-refractivity contribution in [3.63, 3.8) is 0 Å². The van der Waals surface area contributed by atoms with E-state index in [-0.39, 0.29) is 11.8 Å². The van der Waals surface area contributed by atoms with E-state index in [0.29, 0.717) is 12.1 Å². The molecule has 1 aromatic carbocycles. The fraction of sp³-hybridized carbons (Fsp3) is 0.500. The molecule has 0 fully saturated rings. The van der Waals surface area contributed by atoms with E-state index in [0.717, 1.165) is 37.5 Å². The molecule has 1 unspecified atom stereocenters. The second-order valence-corrected chi connectivity index (χ2v) is 5.88. The van der Waals surface area contributed by atoms with Crippen LogP contribution in [0.1, 0.15) is 43.0 Å². The fourth-order valence-electron chi connectivity index (χ4n) is 2.87. The van der Waals surface area contributed by atoms with Gasteiger partial charge in [-0.1, -0.05) is 12.1 Å². The first kappa shape index (κ1) is 16.8. The summed E-state index contributed by atoms with van der Waals surface area (Å²) in [5.74, 6) is 1.66. The van der Waals surface area contributed by atoms with E-state index >= 15 is 0 Å². The predicted octanol–water partition coefficient (Wildman–Crippen LogP) is 3.36. The Bertz CT molecular complexity index is 699. The van der Waals surface area contributed by atoms with Gasteiger partial charge in [-0.25, -0.2) is 0 Å². The Morgan fingerprint density at radius 2 is 2.12 bits per heavy atom. The van der Waals surface area contributed by atoms with Crippen molar-refractivity contribution >= 4 is 0 Å². The first-order valence-corrected chi connectivity index (χ1v) is 7.92. The van der Waals surface area contributed by atoms with Crippen molar-refractivity contribution in [1.82, 2.24) is 20.1 Å². The zero-order valence-corrected chi connectivity index (χ0v) is 13.3. The summed E-state index contributed by atoms with van der Waals surface area (Å²) in [5, 5.41) is 11.7. The number of hydrogen-bond donors (Lipinski definition) is 1. The lowest BCUT2D eigenvalue weighted by atomic mass is 10.1. The molecule has 2 heterocycles. The van der Waals surface area contributed by atoms with Crippen LogP contribution in [0.25, 0.3) is 0 Å². The van der Waals surface area contributed by atoms with Gasteiger partial charge in [0, 0.05) is 19.5 Å². The minimum Gasteiger partial charge on any atom is -0.406 e. The van der Waals surface area contributed by atoms with Crippen LogP contribution in [0.3, 0.4) is 0 Å². The third-order valence-electron chi connectivity index (χ3n) is 4.02. The number of hydrogen-bond acceptors (Lipinski definition) is 4. The second kappa shape index (κ2) is 6.80. The van der Waals surface area contributed by atoms with E-state index in [1.54, 1.807) is 12.1 Å². The average Bonchev–Trinajstić information content (AvgIpc) is 2.95. The number of ether oxygens (including phenoxy) is 1. The van der Waals surface area contributed by atoms with Crippen molar-refractivity contribution in [3.8, 4) is 5.75 Å². The SMILES string of the molecule is CC(NCc1cccc(OC(F)(F)F)c1)c1nnc2n1CCCC2. The number of aryl methyl sites for hydroxylation is 1. The molecule has 0 spiro atoms. The highest BCUT2D eigenvalue weighted by Crippen LogP contribution is 2.24. The monoisotopic (exact) mass is 340 g/mol. The van der Waals surface area contributed by atoms with Crippen LogP contribution in [0.5, 0.6) is 5.75 Å². The van der Waals surface area contributed by atoms with Crippen molar-refractivity contribution < 1.29 is 17.9 Å². The lowest BCUT2D eigenvalue weighted by molar-refractivity contribution is -0.274. The van der Waals surface area contributed by atoms with Crippen molar-refractivity contribution in [3.05, 3.63) is 41.5 Å². The number of nitrogens with one attached hydrogen (secondary N) is 1. The van der Waals surface area contributed by atoms with Gasteiger partial charge in [0.1, 0.15) is 17.4 Å². The van der Waals surface area contributed by atoms with Gasteiger partial charge in [-0.05, 0) is 37.5 Å². The highest BCUT2D eigenvalue weighted by molar-refractivity contribution is 5.28. The Morgan fingerprint density at radius 1 is 1.29 bits per heavy atom. The van der Waals surface area contributed by atoms with Crippen molar-refractivity contribution in [1.29, 1.82) is 0 Å². The van der Waals surface area contributed by atoms with Gasteiger partial charge >= 0.3 is 6.36 Å². The highest BCUT2D eigenvalue weighted by atomic mass is 19.4. The van der Waals surface area contributed by atoms with Crippen LogP contribution in [-0.4, -0.2) is 21.1 Å². The smallest absolute Gasteiger partial charge is 0.406 e. The third-order valence-corrected chi connectivity index (χ3v) is 4.02. The summed E-state index contributed by atoms with van der Waals surface area (Å²) >= 11 is 0. The number of alkyl halides is 3. The van der Waals surface area contributed by atoms with Crippen molar-refractivity contribution in [2.75, 3.05) is 0 Å². The van der Waals surface area contributed by atoms with E-state index in [4.69, 9.17) is 0 Å². The minimum atomic E-state index is -4.68. The van der Waals surface area contributed by atoms with Gasteiger partial charge in [-0.15, -0.1) is 23.4 Å². The van der Waals surface area contributed by atoms with Crippen LogP contribution in [0, 0.1) is 0 Å². The minimum absolute atomic E-state index is 0.0449. The second-order valence-electron chi connectivity index (χ2n) is 5.88. The summed E-state index contributed by atoms with van der Waals surface area (Å²) in [6.45, 7) is 3.30. The summed E-state index contributed by atoms with van der Waals surface area (Å²) in [5.41, 5.74) is 0.710. The summed E-state index contributed by atoms with van der Waals surface area (Å²) in [6, 6.07) is 5.92. The van der Waals surface area contributed by atoms with E-state index in [9.17, 15) is 13.2 Å². The van der Waals surface area contributed by atoms with Gasteiger partial charge < -0.3 is 14.6 Å². The maximum atomic E-state index is 12.3. The molecule has 3 rings (SSSR count). The maximum absolute atomic E-state index is 12.3. The lowest BCUT2D eigenvalue weighted by Crippen LogP contribution is -2.23. The number of benzene rings is 1. The van der Waals surface area contributed by atoms with Crippen LogP contribution in [0.15, 0.2) is 24.3 Å². The molecule has 0 aliphatic carbocycles. The largest absolute Gasteiger partial charge is 0.573 e. The van der Waals surface area contributed by atoms with Crippen molar-refractivity contribution in [2.45, 2.75) is 51.7 Å². The van der Waals surface area contributed by atoms with Gasteiger partial charge in [0.15, 0.2) is 0 Å².